The van der Waals surface area contributed by atoms with Gasteiger partial charge in [-0.3, -0.25) is 9.59 Å². The third-order valence-electron chi connectivity index (χ3n) is 4.26. The number of benzene rings is 1. The molecule has 0 heterocycles. The van der Waals surface area contributed by atoms with Crippen LogP contribution in [0.5, 0.6) is 0 Å². The van der Waals surface area contributed by atoms with Gasteiger partial charge >= 0.3 is 0 Å². The summed E-state index contributed by atoms with van der Waals surface area (Å²) in [6, 6.07) is 10.1. The van der Waals surface area contributed by atoms with Crippen LogP contribution in [-0.4, -0.2) is 11.6 Å². The van der Waals surface area contributed by atoms with Crippen molar-refractivity contribution in [1.82, 2.24) is 0 Å². The van der Waals surface area contributed by atoms with E-state index in [1.165, 1.54) is 5.56 Å². The lowest BCUT2D eigenvalue weighted by Crippen LogP contribution is -2.24. The lowest BCUT2D eigenvalue weighted by Gasteiger charge is -2.11. The molecule has 1 aromatic carbocycles. The molecule has 88 valence electrons. The first-order valence-electron chi connectivity index (χ1n) is 6.37. The molecule has 0 bridgehead atoms. The molecule has 1 aromatic rings. The van der Waals surface area contributed by atoms with Crippen LogP contribution in [0, 0.1) is 5.41 Å². The number of hydrogen-bond acceptors (Lipinski definition) is 2. The number of rotatable bonds is 1. The first-order chi connectivity index (χ1) is 8.24. The fourth-order valence-corrected chi connectivity index (χ4v) is 3.19. The maximum atomic E-state index is 12.2. The first kappa shape index (κ1) is 10.7. The Morgan fingerprint density at radius 2 is 1.82 bits per heavy atom. The van der Waals surface area contributed by atoms with Gasteiger partial charge in [0.25, 0.3) is 0 Å². The van der Waals surface area contributed by atoms with Gasteiger partial charge in [-0.15, -0.1) is 0 Å². The average molecular weight is 228 g/mol. The molecule has 2 aliphatic carbocycles. The zero-order valence-electron chi connectivity index (χ0n) is 9.82. The van der Waals surface area contributed by atoms with Crippen molar-refractivity contribution < 1.29 is 9.59 Å². The topological polar surface area (TPSA) is 34.1 Å². The van der Waals surface area contributed by atoms with Crippen LogP contribution >= 0.6 is 0 Å². The SMILES string of the molecule is O=C1CCCCC2(CC2c2ccccc2)C1=O. The Morgan fingerprint density at radius 1 is 1.06 bits per heavy atom. The molecule has 0 radical (unpaired) electrons. The van der Waals surface area contributed by atoms with Crippen LogP contribution in [0.15, 0.2) is 30.3 Å². The highest BCUT2D eigenvalue weighted by Gasteiger charge is 2.61. The van der Waals surface area contributed by atoms with Crippen molar-refractivity contribution in [3.8, 4) is 0 Å². The van der Waals surface area contributed by atoms with E-state index in [0.717, 1.165) is 25.7 Å². The van der Waals surface area contributed by atoms with Crippen molar-refractivity contribution in [2.45, 2.75) is 38.0 Å². The molecule has 2 unspecified atom stereocenters. The minimum Gasteiger partial charge on any atom is -0.291 e. The van der Waals surface area contributed by atoms with E-state index in [0.29, 0.717) is 12.3 Å². The van der Waals surface area contributed by atoms with E-state index in [2.05, 4.69) is 12.1 Å². The largest absolute Gasteiger partial charge is 0.291 e. The minimum absolute atomic E-state index is 0.0937. The molecule has 2 saturated carbocycles. The van der Waals surface area contributed by atoms with Gasteiger partial charge in [0.05, 0.1) is 0 Å². The van der Waals surface area contributed by atoms with Crippen molar-refractivity contribution in [2.75, 3.05) is 0 Å². The predicted molar refractivity (Wildman–Crippen MR) is 64.7 cm³/mol. The molecule has 2 fully saturated rings. The number of ketones is 2. The fraction of sp³-hybridized carbons (Fsp3) is 0.467. The smallest absolute Gasteiger partial charge is 0.205 e. The van der Waals surface area contributed by atoms with Crippen LogP contribution in [0.2, 0.25) is 0 Å². The maximum absolute atomic E-state index is 12.2. The molecule has 1 spiro atoms. The first-order valence-corrected chi connectivity index (χ1v) is 6.37. The molecule has 3 rings (SSSR count). The van der Waals surface area contributed by atoms with Crippen molar-refractivity contribution in [3.05, 3.63) is 35.9 Å². The maximum Gasteiger partial charge on any atom is 0.205 e. The second kappa shape index (κ2) is 3.80. The van der Waals surface area contributed by atoms with Crippen LogP contribution in [0.1, 0.15) is 43.6 Å². The molecule has 0 N–H and O–H groups in total. The van der Waals surface area contributed by atoms with Gasteiger partial charge in [-0.2, -0.15) is 0 Å². The number of carbonyl (C=O) groups excluding carboxylic acids is 2. The zero-order chi connectivity index (χ0) is 11.9. The van der Waals surface area contributed by atoms with Gasteiger partial charge in [-0.1, -0.05) is 36.8 Å². The van der Waals surface area contributed by atoms with Gasteiger partial charge in [-0.05, 0) is 30.7 Å². The summed E-state index contributed by atoms with van der Waals surface area (Å²) in [5.74, 6) is 0.0584. The Hall–Kier alpha value is -1.44. The standard InChI is InChI=1S/C15H16O2/c16-13-8-4-5-9-15(14(13)17)10-12(15)11-6-2-1-3-7-11/h1-3,6-7,12H,4-5,8-10H2. The van der Waals surface area contributed by atoms with Crippen LogP contribution in [-0.2, 0) is 9.59 Å². The molecule has 2 nitrogen and oxygen atoms in total. The molecule has 2 heteroatoms. The Bertz CT molecular complexity index is 463. The van der Waals surface area contributed by atoms with Gasteiger partial charge in [0.2, 0.25) is 5.78 Å². The van der Waals surface area contributed by atoms with E-state index in [1.807, 2.05) is 18.2 Å². The van der Waals surface area contributed by atoms with Gasteiger partial charge in [0.1, 0.15) is 0 Å². The molecule has 0 aliphatic heterocycles. The molecule has 2 atom stereocenters. The molecule has 0 saturated heterocycles. The lowest BCUT2D eigenvalue weighted by molar-refractivity contribution is -0.139. The minimum atomic E-state index is -0.324. The second-order valence-electron chi connectivity index (χ2n) is 5.28. The highest BCUT2D eigenvalue weighted by molar-refractivity contribution is 6.40. The molecular weight excluding hydrogens is 212 g/mol. The quantitative estimate of drug-likeness (QED) is 0.693. The van der Waals surface area contributed by atoms with Crippen molar-refractivity contribution in [2.24, 2.45) is 5.41 Å². The van der Waals surface area contributed by atoms with E-state index in [-0.39, 0.29) is 17.0 Å². The van der Waals surface area contributed by atoms with Crippen molar-refractivity contribution in [3.63, 3.8) is 0 Å². The third-order valence-corrected chi connectivity index (χ3v) is 4.26. The van der Waals surface area contributed by atoms with Crippen LogP contribution < -0.4 is 0 Å². The monoisotopic (exact) mass is 228 g/mol. The number of carbonyl (C=O) groups is 2. The molecule has 0 amide bonds. The van der Waals surface area contributed by atoms with E-state index in [4.69, 9.17) is 0 Å². The summed E-state index contributed by atoms with van der Waals surface area (Å²) in [6.07, 6.45) is 4.13. The van der Waals surface area contributed by atoms with Gasteiger partial charge < -0.3 is 0 Å². The van der Waals surface area contributed by atoms with E-state index < -0.39 is 0 Å². The Kier molecular flexibility index (Phi) is 2.39. The summed E-state index contributed by atoms with van der Waals surface area (Å²) in [5.41, 5.74) is 0.894. The highest BCUT2D eigenvalue weighted by atomic mass is 16.2. The number of Topliss-reactive ketones (excluding diaryl/α,β-unsaturated/α-hetero) is 2. The summed E-state index contributed by atoms with van der Waals surface area (Å²) in [7, 11) is 0. The van der Waals surface area contributed by atoms with Crippen molar-refractivity contribution in [1.29, 1.82) is 0 Å². The summed E-state index contributed by atoms with van der Waals surface area (Å²) in [6.45, 7) is 0. The second-order valence-corrected chi connectivity index (χ2v) is 5.28. The Labute approximate surface area is 101 Å². The summed E-state index contributed by atoms with van der Waals surface area (Å²) >= 11 is 0. The van der Waals surface area contributed by atoms with Crippen LogP contribution in [0.3, 0.4) is 0 Å². The van der Waals surface area contributed by atoms with Crippen LogP contribution in [0.25, 0.3) is 0 Å². The van der Waals surface area contributed by atoms with E-state index in [1.54, 1.807) is 0 Å². The lowest BCUT2D eigenvalue weighted by atomic mass is 9.90. The highest BCUT2D eigenvalue weighted by Crippen LogP contribution is 2.63. The molecule has 0 aromatic heterocycles. The molecule has 17 heavy (non-hydrogen) atoms. The van der Waals surface area contributed by atoms with Crippen LogP contribution in [0.4, 0.5) is 0 Å². The zero-order valence-corrected chi connectivity index (χ0v) is 9.82. The van der Waals surface area contributed by atoms with Gasteiger partial charge in [0, 0.05) is 11.8 Å². The van der Waals surface area contributed by atoms with E-state index in [9.17, 15) is 9.59 Å². The Balaban J connectivity index is 1.89. The fourth-order valence-electron chi connectivity index (χ4n) is 3.19. The normalized spacial score (nSPS) is 32.6. The predicted octanol–water partition coefficient (Wildman–Crippen LogP) is 2.87. The Morgan fingerprint density at radius 3 is 2.59 bits per heavy atom. The number of hydrogen-bond donors (Lipinski definition) is 0. The van der Waals surface area contributed by atoms with Crippen molar-refractivity contribution >= 4 is 11.6 Å². The van der Waals surface area contributed by atoms with E-state index >= 15 is 0 Å². The summed E-state index contributed by atoms with van der Waals surface area (Å²) in [4.78, 5) is 23.9. The average Bonchev–Trinajstić information content (AvgIpc) is 3.11. The summed E-state index contributed by atoms with van der Waals surface area (Å²) in [5, 5.41) is 0. The molecule has 2 aliphatic rings. The van der Waals surface area contributed by atoms with Gasteiger partial charge in [-0.25, -0.2) is 0 Å². The third kappa shape index (κ3) is 1.63. The molecular formula is C15H16O2. The summed E-state index contributed by atoms with van der Waals surface area (Å²) < 4.78 is 0. The van der Waals surface area contributed by atoms with Gasteiger partial charge in [0.15, 0.2) is 5.78 Å².